The van der Waals surface area contributed by atoms with Gasteiger partial charge in [-0.3, -0.25) is 14.5 Å². The van der Waals surface area contributed by atoms with Gasteiger partial charge in [0.25, 0.3) is 0 Å². The number of alkyl carbamates (subject to hydrolysis) is 1. The number of nitrogens with one attached hydrogen (secondary N) is 1. The van der Waals surface area contributed by atoms with Gasteiger partial charge in [0.05, 0.1) is 35.8 Å². The van der Waals surface area contributed by atoms with Crippen LogP contribution in [0.5, 0.6) is 5.75 Å². The summed E-state index contributed by atoms with van der Waals surface area (Å²) in [5.41, 5.74) is 2.23. The zero-order valence-corrected chi connectivity index (χ0v) is 18.5. The van der Waals surface area contributed by atoms with Crippen molar-refractivity contribution >= 4 is 12.1 Å². The van der Waals surface area contributed by atoms with E-state index >= 15 is 0 Å². The van der Waals surface area contributed by atoms with Crippen LogP contribution in [0.1, 0.15) is 51.1 Å². The summed E-state index contributed by atoms with van der Waals surface area (Å²) in [5, 5.41) is 16.4. The summed E-state index contributed by atoms with van der Waals surface area (Å²) in [7, 11) is 1.80. The molecule has 0 spiro atoms. The third-order valence-corrected chi connectivity index (χ3v) is 6.37. The molecule has 9 nitrogen and oxygen atoms in total. The first-order chi connectivity index (χ1) is 15.4. The third-order valence-electron chi connectivity index (χ3n) is 6.37. The fourth-order valence-electron chi connectivity index (χ4n) is 4.20. The van der Waals surface area contributed by atoms with Crippen LogP contribution in [0, 0.1) is 11.8 Å². The summed E-state index contributed by atoms with van der Waals surface area (Å²) in [4.78, 5) is 27.9. The first-order valence-electron chi connectivity index (χ1n) is 11.2. The minimum absolute atomic E-state index is 0.0909. The highest BCUT2D eigenvalue weighted by Gasteiger charge is 2.30. The molecular weight excluding hydrogens is 412 g/mol. The molecule has 2 aromatic heterocycles. The van der Waals surface area contributed by atoms with Crippen LogP contribution in [-0.4, -0.2) is 44.1 Å². The van der Waals surface area contributed by atoms with Crippen molar-refractivity contribution in [3.05, 3.63) is 30.2 Å². The van der Waals surface area contributed by atoms with E-state index in [2.05, 4.69) is 15.4 Å². The molecule has 2 aromatic rings. The molecule has 0 aliphatic heterocycles. The van der Waals surface area contributed by atoms with Crippen molar-refractivity contribution in [3.8, 4) is 17.0 Å². The lowest BCUT2D eigenvalue weighted by Crippen LogP contribution is -2.34. The number of carboxylic acid groups (broad SMARTS) is 1. The molecule has 0 unspecified atom stereocenters. The number of nitrogens with zero attached hydrogens (tertiary/aromatic N) is 3. The monoisotopic (exact) mass is 442 g/mol. The standard InChI is InChI=1S/C23H30N4O5/c1-14(15-6-7-15)26-23(30)31-13-21-19(12-25-27(21)2)20-9-8-18(11-24-20)32-17-5-3-4-16(10-17)22(28)29/h8-9,11-12,14-17H,3-7,10,13H2,1-2H3,(H,26,30)(H,28,29)/t14-,16+,17+/m1/s1. The molecule has 0 saturated heterocycles. The lowest BCUT2D eigenvalue weighted by molar-refractivity contribution is -0.143. The molecule has 3 atom stereocenters. The van der Waals surface area contributed by atoms with Gasteiger partial charge in [0.1, 0.15) is 12.4 Å². The van der Waals surface area contributed by atoms with Gasteiger partial charge in [-0.15, -0.1) is 0 Å². The third kappa shape index (κ3) is 5.38. The predicted molar refractivity (Wildman–Crippen MR) is 116 cm³/mol. The molecule has 0 radical (unpaired) electrons. The van der Waals surface area contributed by atoms with Crippen LogP contribution in [-0.2, 0) is 23.2 Å². The van der Waals surface area contributed by atoms with Gasteiger partial charge in [-0.1, -0.05) is 0 Å². The number of carbonyl (C=O) groups excluding carboxylic acids is 1. The number of hydrogen-bond donors (Lipinski definition) is 2. The number of pyridine rings is 1. The molecule has 0 aromatic carbocycles. The Labute approximate surface area is 187 Å². The van der Waals surface area contributed by atoms with Crippen LogP contribution in [0.15, 0.2) is 24.5 Å². The number of ether oxygens (including phenoxy) is 2. The van der Waals surface area contributed by atoms with E-state index in [4.69, 9.17) is 9.47 Å². The highest BCUT2D eigenvalue weighted by Crippen LogP contribution is 2.32. The van der Waals surface area contributed by atoms with E-state index in [0.717, 1.165) is 36.9 Å². The average Bonchev–Trinajstić information content (AvgIpc) is 3.56. The molecule has 32 heavy (non-hydrogen) atoms. The highest BCUT2D eigenvalue weighted by molar-refractivity contribution is 5.70. The summed E-state index contributed by atoms with van der Waals surface area (Å²) in [6.45, 7) is 2.09. The van der Waals surface area contributed by atoms with Gasteiger partial charge >= 0.3 is 12.1 Å². The van der Waals surface area contributed by atoms with Crippen molar-refractivity contribution in [1.82, 2.24) is 20.1 Å². The van der Waals surface area contributed by atoms with Crippen LogP contribution in [0.2, 0.25) is 0 Å². The smallest absolute Gasteiger partial charge is 0.407 e. The Kier molecular flexibility index (Phi) is 6.62. The van der Waals surface area contributed by atoms with E-state index in [1.54, 1.807) is 24.1 Å². The number of aromatic nitrogens is 3. The Morgan fingerprint density at radius 1 is 1.25 bits per heavy atom. The Hall–Kier alpha value is -3.10. The average molecular weight is 443 g/mol. The molecule has 2 saturated carbocycles. The van der Waals surface area contributed by atoms with Gasteiger partial charge in [-0.25, -0.2) is 4.79 Å². The maximum Gasteiger partial charge on any atom is 0.407 e. The molecule has 2 aliphatic carbocycles. The number of aliphatic carboxylic acids is 1. The molecule has 4 rings (SSSR count). The molecule has 9 heteroatoms. The normalized spacial score (nSPS) is 21.6. The Bertz CT molecular complexity index is 954. The summed E-state index contributed by atoms with van der Waals surface area (Å²) >= 11 is 0. The van der Waals surface area contributed by atoms with Crippen LogP contribution >= 0.6 is 0 Å². The molecular formula is C23H30N4O5. The molecule has 2 fully saturated rings. The van der Waals surface area contributed by atoms with Crippen LogP contribution < -0.4 is 10.1 Å². The predicted octanol–water partition coefficient (Wildman–Crippen LogP) is 3.53. The van der Waals surface area contributed by atoms with E-state index in [1.165, 1.54) is 0 Å². The van der Waals surface area contributed by atoms with Crippen molar-refractivity contribution in [3.63, 3.8) is 0 Å². The second kappa shape index (κ2) is 9.58. The zero-order chi connectivity index (χ0) is 22.7. The van der Waals surface area contributed by atoms with Crippen LogP contribution in [0.4, 0.5) is 4.79 Å². The van der Waals surface area contributed by atoms with Gasteiger partial charge in [-0.2, -0.15) is 5.10 Å². The number of aryl methyl sites for hydroxylation is 1. The summed E-state index contributed by atoms with van der Waals surface area (Å²) in [6.07, 6.45) is 8.01. The lowest BCUT2D eigenvalue weighted by Gasteiger charge is -2.27. The minimum Gasteiger partial charge on any atom is -0.489 e. The molecule has 2 aliphatic rings. The van der Waals surface area contributed by atoms with E-state index in [1.807, 2.05) is 19.1 Å². The van der Waals surface area contributed by atoms with Crippen molar-refractivity contribution in [2.24, 2.45) is 18.9 Å². The number of amides is 1. The lowest BCUT2D eigenvalue weighted by atomic mass is 9.87. The first kappa shape index (κ1) is 22.1. The quantitative estimate of drug-likeness (QED) is 0.642. The number of hydrogen-bond acceptors (Lipinski definition) is 6. The van der Waals surface area contributed by atoms with Crippen molar-refractivity contribution in [2.75, 3.05) is 0 Å². The maximum absolute atomic E-state index is 12.1. The molecule has 1 amide bonds. The molecule has 172 valence electrons. The summed E-state index contributed by atoms with van der Waals surface area (Å²) in [5.74, 6) is 0.0699. The van der Waals surface area contributed by atoms with Gasteiger partial charge in [-0.05, 0) is 63.5 Å². The number of carboxylic acids is 1. The van der Waals surface area contributed by atoms with Crippen molar-refractivity contribution < 1.29 is 24.2 Å². The van der Waals surface area contributed by atoms with E-state index in [0.29, 0.717) is 30.2 Å². The SMILES string of the molecule is C[C@@H](NC(=O)OCc1c(-c2ccc(O[C@H]3CCC[C@H](C(=O)O)C3)cn2)cnn1C)C1CC1. The molecule has 2 heterocycles. The van der Waals surface area contributed by atoms with E-state index in [-0.39, 0.29) is 24.7 Å². The number of carbonyl (C=O) groups is 2. The maximum atomic E-state index is 12.1. The van der Waals surface area contributed by atoms with Crippen LogP contribution in [0.3, 0.4) is 0 Å². The van der Waals surface area contributed by atoms with E-state index in [9.17, 15) is 14.7 Å². The Balaban J connectivity index is 1.36. The van der Waals surface area contributed by atoms with Gasteiger partial charge < -0.3 is 19.9 Å². The summed E-state index contributed by atoms with van der Waals surface area (Å²) < 4.78 is 13.1. The number of rotatable bonds is 8. The highest BCUT2D eigenvalue weighted by atomic mass is 16.5. The molecule has 0 bridgehead atoms. The Morgan fingerprint density at radius 3 is 2.75 bits per heavy atom. The fraction of sp³-hybridized carbons (Fsp3) is 0.565. The summed E-state index contributed by atoms with van der Waals surface area (Å²) in [6, 6.07) is 3.79. The van der Waals surface area contributed by atoms with Crippen molar-refractivity contribution in [2.45, 2.75) is 64.2 Å². The second-order valence-corrected chi connectivity index (χ2v) is 8.80. The fourth-order valence-corrected chi connectivity index (χ4v) is 4.20. The first-order valence-corrected chi connectivity index (χ1v) is 11.2. The van der Waals surface area contributed by atoms with E-state index < -0.39 is 12.1 Å². The van der Waals surface area contributed by atoms with Gasteiger partial charge in [0.2, 0.25) is 0 Å². The largest absolute Gasteiger partial charge is 0.489 e. The molecule has 2 N–H and O–H groups in total. The minimum atomic E-state index is -0.756. The van der Waals surface area contributed by atoms with Crippen LogP contribution in [0.25, 0.3) is 11.3 Å². The van der Waals surface area contributed by atoms with Gasteiger partial charge in [0.15, 0.2) is 0 Å². The van der Waals surface area contributed by atoms with Crippen molar-refractivity contribution in [1.29, 1.82) is 0 Å². The topological polar surface area (TPSA) is 116 Å². The Morgan fingerprint density at radius 2 is 2.06 bits per heavy atom. The van der Waals surface area contributed by atoms with Gasteiger partial charge in [0, 0.05) is 18.7 Å². The zero-order valence-electron chi connectivity index (χ0n) is 18.5. The second-order valence-electron chi connectivity index (χ2n) is 8.80.